The summed E-state index contributed by atoms with van der Waals surface area (Å²) >= 11 is 0. The number of hydrogen-bond acceptors (Lipinski definition) is 5. The summed E-state index contributed by atoms with van der Waals surface area (Å²) in [5, 5.41) is 3.22. The maximum Gasteiger partial charge on any atom is 0.236 e. The fraction of sp³-hybridized carbons (Fsp3) is 0.933. The van der Waals surface area contributed by atoms with E-state index in [1.807, 2.05) is 4.90 Å². The molecule has 3 aliphatic heterocycles. The minimum absolute atomic E-state index is 0.0448. The molecule has 3 rings (SSSR count). The van der Waals surface area contributed by atoms with Crippen LogP contribution in [0.15, 0.2) is 0 Å². The molecule has 1 amide bonds. The van der Waals surface area contributed by atoms with E-state index in [-0.39, 0.29) is 24.2 Å². The summed E-state index contributed by atoms with van der Waals surface area (Å²) in [7, 11) is 0. The summed E-state index contributed by atoms with van der Waals surface area (Å²) in [6.07, 6.45) is 4.86. The van der Waals surface area contributed by atoms with Crippen molar-refractivity contribution in [1.82, 2.24) is 10.2 Å². The molecule has 3 unspecified atom stereocenters. The Hall–Kier alpha value is -0.690. The molecular weight excluding hydrogens is 272 g/mol. The molecule has 0 spiro atoms. The highest BCUT2D eigenvalue weighted by atomic mass is 16.5. The second-order valence-corrected chi connectivity index (χ2v) is 6.07. The predicted octanol–water partition coefficient (Wildman–Crippen LogP) is 0.161. The molecule has 3 saturated heterocycles. The van der Waals surface area contributed by atoms with Crippen molar-refractivity contribution >= 4 is 5.91 Å². The van der Waals surface area contributed by atoms with E-state index >= 15 is 0 Å². The molecule has 3 atom stereocenters. The molecule has 0 aromatic heterocycles. The molecule has 0 radical (unpaired) electrons. The van der Waals surface area contributed by atoms with E-state index < -0.39 is 0 Å². The SMILES string of the molecule is O=C(CNCC1CCCO1)N1CCOC(C2CCCO2)C1. The van der Waals surface area contributed by atoms with Crippen molar-refractivity contribution in [3.63, 3.8) is 0 Å². The highest BCUT2D eigenvalue weighted by Gasteiger charge is 2.32. The monoisotopic (exact) mass is 298 g/mol. The normalized spacial score (nSPS) is 33.5. The smallest absolute Gasteiger partial charge is 0.236 e. The molecule has 6 heteroatoms. The van der Waals surface area contributed by atoms with Crippen molar-refractivity contribution in [3.05, 3.63) is 0 Å². The number of hydrogen-bond donors (Lipinski definition) is 1. The van der Waals surface area contributed by atoms with E-state index in [0.717, 1.165) is 45.4 Å². The number of carbonyl (C=O) groups excluding carboxylic acids is 1. The maximum absolute atomic E-state index is 12.3. The standard InChI is InChI=1S/C15H26N2O4/c18-15(10-16-9-12-3-1-6-19-12)17-5-8-21-14(11-17)13-4-2-7-20-13/h12-14,16H,1-11H2. The van der Waals surface area contributed by atoms with Gasteiger partial charge < -0.3 is 24.4 Å². The number of rotatable bonds is 5. The minimum Gasteiger partial charge on any atom is -0.377 e. The van der Waals surface area contributed by atoms with Crippen LogP contribution in [-0.2, 0) is 19.0 Å². The second kappa shape index (κ2) is 7.54. The van der Waals surface area contributed by atoms with Gasteiger partial charge in [-0.1, -0.05) is 0 Å². The van der Waals surface area contributed by atoms with Gasteiger partial charge in [0, 0.05) is 32.8 Å². The van der Waals surface area contributed by atoms with Crippen LogP contribution in [0, 0.1) is 0 Å². The predicted molar refractivity (Wildman–Crippen MR) is 77.1 cm³/mol. The average molecular weight is 298 g/mol. The summed E-state index contributed by atoms with van der Waals surface area (Å²) in [4.78, 5) is 14.2. The van der Waals surface area contributed by atoms with Gasteiger partial charge in [-0.3, -0.25) is 4.79 Å². The molecule has 0 aromatic rings. The van der Waals surface area contributed by atoms with Crippen molar-refractivity contribution < 1.29 is 19.0 Å². The fourth-order valence-electron chi connectivity index (χ4n) is 3.28. The molecule has 0 bridgehead atoms. The summed E-state index contributed by atoms with van der Waals surface area (Å²) in [6.45, 7) is 4.79. The van der Waals surface area contributed by atoms with Crippen LogP contribution < -0.4 is 5.32 Å². The first-order valence-electron chi connectivity index (χ1n) is 8.16. The van der Waals surface area contributed by atoms with Gasteiger partial charge in [0.05, 0.1) is 25.4 Å². The Labute approximate surface area is 126 Å². The van der Waals surface area contributed by atoms with Crippen LogP contribution in [0.25, 0.3) is 0 Å². The highest BCUT2D eigenvalue weighted by molar-refractivity contribution is 5.78. The number of ether oxygens (including phenoxy) is 3. The van der Waals surface area contributed by atoms with Crippen LogP contribution in [0.1, 0.15) is 25.7 Å². The molecule has 120 valence electrons. The van der Waals surface area contributed by atoms with Crippen molar-refractivity contribution in [2.75, 3.05) is 46.0 Å². The van der Waals surface area contributed by atoms with Crippen molar-refractivity contribution in [2.24, 2.45) is 0 Å². The molecule has 0 aliphatic carbocycles. The Kier molecular flexibility index (Phi) is 5.46. The molecule has 3 fully saturated rings. The number of amides is 1. The van der Waals surface area contributed by atoms with Gasteiger partial charge in [-0.05, 0) is 25.7 Å². The third-order valence-corrected chi connectivity index (χ3v) is 4.50. The molecule has 3 aliphatic rings. The number of nitrogens with zero attached hydrogens (tertiary/aromatic N) is 1. The zero-order valence-corrected chi connectivity index (χ0v) is 12.6. The van der Waals surface area contributed by atoms with Gasteiger partial charge in [0.1, 0.15) is 6.10 Å². The maximum atomic E-state index is 12.3. The lowest BCUT2D eigenvalue weighted by molar-refractivity contribution is -0.143. The Morgan fingerprint density at radius 3 is 2.62 bits per heavy atom. The van der Waals surface area contributed by atoms with Crippen LogP contribution in [0.5, 0.6) is 0 Å². The Morgan fingerprint density at radius 2 is 1.86 bits per heavy atom. The first-order chi connectivity index (χ1) is 10.3. The quantitative estimate of drug-likeness (QED) is 0.783. The lowest BCUT2D eigenvalue weighted by Gasteiger charge is -2.35. The van der Waals surface area contributed by atoms with Gasteiger partial charge in [0.15, 0.2) is 0 Å². The summed E-state index contributed by atoms with van der Waals surface area (Å²) in [5.41, 5.74) is 0. The van der Waals surface area contributed by atoms with Gasteiger partial charge in [-0.25, -0.2) is 0 Å². The molecular formula is C15H26N2O4. The third kappa shape index (κ3) is 4.16. The van der Waals surface area contributed by atoms with Gasteiger partial charge in [0.2, 0.25) is 5.91 Å². The minimum atomic E-state index is 0.0448. The molecule has 1 N–H and O–H groups in total. The molecule has 0 saturated carbocycles. The first-order valence-corrected chi connectivity index (χ1v) is 8.16. The lowest BCUT2D eigenvalue weighted by Crippen LogP contribution is -2.52. The van der Waals surface area contributed by atoms with Gasteiger partial charge in [-0.2, -0.15) is 0 Å². The van der Waals surface area contributed by atoms with Crippen LogP contribution >= 0.6 is 0 Å². The van der Waals surface area contributed by atoms with E-state index in [4.69, 9.17) is 14.2 Å². The van der Waals surface area contributed by atoms with Crippen LogP contribution in [-0.4, -0.2) is 75.1 Å². The van der Waals surface area contributed by atoms with Gasteiger partial charge >= 0.3 is 0 Å². The van der Waals surface area contributed by atoms with Crippen LogP contribution in [0.3, 0.4) is 0 Å². The van der Waals surface area contributed by atoms with E-state index in [1.165, 1.54) is 0 Å². The van der Waals surface area contributed by atoms with E-state index in [2.05, 4.69) is 5.32 Å². The zero-order valence-electron chi connectivity index (χ0n) is 12.6. The molecule has 6 nitrogen and oxygen atoms in total. The zero-order chi connectivity index (χ0) is 14.5. The summed E-state index contributed by atoms with van der Waals surface area (Å²) < 4.78 is 17.0. The molecule has 0 aromatic carbocycles. The van der Waals surface area contributed by atoms with Gasteiger partial charge in [0.25, 0.3) is 0 Å². The Bertz CT molecular complexity index is 341. The topological polar surface area (TPSA) is 60.0 Å². The Morgan fingerprint density at radius 1 is 1.05 bits per heavy atom. The fourth-order valence-corrected chi connectivity index (χ4v) is 3.28. The Balaban J connectivity index is 1.38. The number of carbonyl (C=O) groups is 1. The van der Waals surface area contributed by atoms with Crippen molar-refractivity contribution in [1.29, 1.82) is 0 Å². The third-order valence-electron chi connectivity index (χ3n) is 4.50. The summed E-state index contributed by atoms with van der Waals surface area (Å²) in [5.74, 6) is 0.152. The summed E-state index contributed by atoms with van der Waals surface area (Å²) in [6, 6.07) is 0. The first kappa shape index (κ1) is 15.2. The highest BCUT2D eigenvalue weighted by Crippen LogP contribution is 2.21. The van der Waals surface area contributed by atoms with E-state index in [0.29, 0.717) is 26.2 Å². The average Bonchev–Trinajstić information content (AvgIpc) is 3.21. The molecule has 21 heavy (non-hydrogen) atoms. The number of morpholine rings is 1. The molecule has 3 heterocycles. The van der Waals surface area contributed by atoms with E-state index in [9.17, 15) is 4.79 Å². The lowest BCUT2D eigenvalue weighted by atomic mass is 10.1. The van der Waals surface area contributed by atoms with Crippen LogP contribution in [0.4, 0.5) is 0 Å². The van der Waals surface area contributed by atoms with Crippen LogP contribution in [0.2, 0.25) is 0 Å². The van der Waals surface area contributed by atoms with Crippen molar-refractivity contribution in [3.8, 4) is 0 Å². The largest absolute Gasteiger partial charge is 0.377 e. The number of nitrogens with one attached hydrogen (secondary N) is 1. The van der Waals surface area contributed by atoms with Crippen molar-refractivity contribution in [2.45, 2.75) is 44.0 Å². The van der Waals surface area contributed by atoms with Gasteiger partial charge in [-0.15, -0.1) is 0 Å². The van der Waals surface area contributed by atoms with E-state index in [1.54, 1.807) is 0 Å². The second-order valence-electron chi connectivity index (χ2n) is 6.07.